The Kier molecular flexibility index (Phi) is 5.73. The molecular weight excluding hydrogens is 430 g/mol. The van der Waals surface area contributed by atoms with Gasteiger partial charge in [-0.05, 0) is 30.3 Å². The number of rotatable bonds is 7. The first-order chi connectivity index (χ1) is 15.8. The average molecular weight is 451 g/mol. The maximum atomic E-state index is 13.1. The van der Waals surface area contributed by atoms with Crippen molar-refractivity contribution in [2.75, 3.05) is 25.1 Å². The second-order valence-electron chi connectivity index (χ2n) is 7.68. The Labute approximate surface area is 187 Å². The summed E-state index contributed by atoms with van der Waals surface area (Å²) >= 11 is 0. The van der Waals surface area contributed by atoms with Crippen molar-refractivity contribution in [3.8, 4) is 11.5 Å². The first kappa shape index (κ1) is 22.2. The number of nitrogens with one attached hydrogen (secondary N) is 1. The summed E-state index contributed by atoms with van der Waals surface area (Å²) in [6.45, 7) is -1.64. The number of benzene rings is 3. The fraction of sp³-hybridized carbons (Fsp3) is 0.174. The summed E-state index contributed by atoms with van der Waals surface area (Å²) in [5.74, 6) is -1.77. The van der Waals surface area contributed by atoms with Crippen LogP contribution in [0, 0.1) is 0 Å². The molecule has 4 rings (SSSR count). The molecule has 0 saturated heterocycles. The van der Waals surface area contributed by atoms with Crippen molar-refractivity contribution in [1.82, 2.24) is 5.01 Å². The molecule has 170 valence electrons. The van der Waals surface area contributed by atoms with Gasteiger partial charge in [-0.1, -0.05) is 12.1 Å². The highest BCUT2D eigenvalue weighted by Gasteiger charge is 2.35. The average Bonchev–Trinajstić information content (AvgIpc) is 2.82. The predicted octanol–water partition coefficient (Wildman–Crippen LogP) is 1.01. The van der Waals surface area contributed by atoms with Gasteiger partial charge in [-0.15, -0.1) is 0 Å². The van der Waals surface area contributed by atoms with Crippen LogP contribution in [0.15, 0.2) is 53.6 Å². The molecule has 10 heteroatoms. The van der Waals surface area contributed by atoms with Crippen molar-refractivity contribution in [3.63, 3.8) is 0 Å². The van der Waals surface area contributed by atoms with Gasteiger partial charge in [-0.3, -0.25) is 9.59 Å². The van der Waals surface area contributed by atoms with E-state index in [-0.39, 0.29) is 28.2 Å². The molecule has 1 heterocycles. The monoisotopic (exact) mass is 451 g/mol. The zero-order valence-corrected chi connectivity index (χ0v) is 17.3. The highest BCUT2D eigenvalue weighted by molar-refractivity contribution is 6.26. The minimum absolute atomic E-state index is 0.146. The molecule has 1 aliphatic heterocycles. The summed E-state index contributed by atoms with van der Waals surface area (Å²) in [6, 6.07) is 11.7. The number of hydrogen-bond donors (Lipinski definition) is 6. The Morgan fingerprint density at radius 3 is 2.21 bits per heavy atom. The molecule has 1 aliphatic rings. The van der Waals surface area contributed by atoms with Crippen LogP contribution >= 0.6 is 0 Å². The van der Waals surface area contributed by atoms with Gasteiger partial charge in [-0.2, -0.15) is 10.1 Å². The zero-order chi connectivity index (χ0) is 23.8. The SMILES string of the molecule is O=C1c2cccc3c(NC(CO)(CO)CO)ccc(c23)C(=O)N1N=Cc1ccc(O)cc1O. The molecule has 0 fully saturated rings. The molecule has 0 aromatic heterocycles. The van der Waals surface area contributed by atoms with Gasteiger partial charge in [0.15, 0.2) is 0 Å². The van der Waals surface area contributed by atoms with Gasteiger partial charge >= 0.3 is 0 Å². The number of nitrogens with zero attached hydrogens (tertiary/aromatic N) is 2. The lowest BCUT2D eigenvalue weighted by Gasteiger charge is -2.31. The fourth-order valence-electron chi connectivity index (χ4n) is 3.61. The second-order valence-corrected chi connectivity index (χ2v) is 7.68. The number of anilines is 1. The summed E-state index contributed by atoms with van der Waals surface area (Å²) in [6.07, 6.45) is 1.14. The lowest BCUT2D eigenvalue weighted by Crippen LogP contribution is -2.49. The number of carbonyl (C=O) groups is 2. The van der Waals surface area contributed by atoms with Crippen LogP contribution in [0.25, 0.3) is 10.8 Å². The van der Waals surface area contributed by atoms with Crippen LogP contribution in [0.1, 0.15) is 26.3 Å². The second kappa shape index (κ2) is 8.51. The smallest absolute Gasteiger partial charge is 0.282 e. The van der Waals surface area contributed by atoms with E-state index in [2.05, 4.69) is 10.4 Å². The number of aromatic hydroxyl groups is 2. The van der Waals surface area contributed by atoms with Crippen molar-refractivity contribution in [3.05, 3.63) is 65.2 Å². The first-order valence-corrected chi connectivity index (χ1v) is 9.95. The van der Waals surface area contributed by atoms with Crippen LogP contribution in [0.4, 0.5) is 5.69 Å². The standard InChI is InChI=1S/C23H21N3O7/c27-10-23(11-28,12-29)25-18-7-6-17-20-15(18)2-1-3-16(20)21(32)26(22(17)33)24-9-13-4-5-14(30)8-19(13)31/h1-9,25,27-31H,10-12H2. The molecule has 0 aliphatic carbocycles. The molecule has 3 aromatic carbocycles. The third-order valence-electron chi connectivity index (χ3n) is 5.52. The highest BCUT2D eigenvalue weighted by atomic mass is 16.3. The molecule has 0 spiro atoms. The highest BCUT2D eigenvalue weighted by Crippen LogP contribution is 2.35. The topological polar surface area (TPSA) is 163 Å². The molecule has 10 nitrogen and oxygen atoms in total. The van der Waals surface area contributed by atoms with Gasteiger partial charge in [-0.25, -0.2) is 0 Å². The first-order valence-electron chi connectivity index (χ1n) is 9.95. The number of phenols is 2. The Morgan fingerprint density at radius 1 is 0.909 bits per heavy atom. The third-order valence-corrected chi connectivity index (χ3v) is 5.52. The molecular formula is C23H21N3O7. The number of phenolic OH excluding ortho intramolecular Hbond substituents is 2. The summed E-state index contributed by atoms with van der Waals surface area (Å²) < 4.78 is 0. The Balaban J connectivity index is 1.76. The summed E-state index contributed by atoms with van der Waals surface area (Å²) in [5, 5.41) is 56.7. The number of imide groups is 1. The molecule has 0 radical (unpaired) electrons. The van der Waals surface area contributed by atoms with Crippen LogP contribution in [0.3, 0.4) is 0 Å². The number of hydrazone groups is 1. The van der Waals surface area contributed by atoms with Crippen molar-refractivity contribution in [1.29, 1.82) is 0 Å². The van der Waals surface area contributed by atoms with Crippen molar-refractivity contribution < 1.29 is 35.1 Å². The Morgan fingerprint density at radius 2 is 1.58 bits per heavy atom. The molecule has 0 bridgehead atoms. The quantitative estimate of drug-likeness (QED) is 0.229. The molecule has 0 atom stereocenters. The number of aliphatic hydroxyl groups excluding tert-OH is 3. The Bertz CT molecular complexity index is 1250. The largest absolute Gasteiger partial charge is 0.508 e. The maximum absolute atomic E-state index is 13.1. The zero-order valence-electron chi connectivity index (χ0n) is 17.3. The molecule has 3 aromatic rings. The predicted molar refractivity (Wildman–Crippen MR) is 119 cm³/mol. The van der Waals surface area contributed by atoms with Gasteiger partial charge in [0.05, 0.1) is 37.2 Å². The minimum atomic E-state index is -1.40. The fourth-order valence-corrected chi connectivity index (χ4v) is 3.61. The lowest BCUT2D eigenvalue weighted by atomic mass is 9.92. The number of hydrogen-bond acceptors (Lipinski definition) is 9. The van der Waals surface area contributed by atoms with Crippen molar-refractivity contribution >= 4 is 34.5 Å². The number of aliphatic hydroxyl groups is 3. The molecule has 2 amide bonds. The number of amides is 2. The van der Waals surface area contributed by atoms with Gasteiger partial charge in [0, 0.05) is 28.1 Å². The summed E-state index contributed by atoms with van der Waals surface area (Å²) in [7, 11) is 0. The van der Waals surface area contributed by atoms with Crippen LogP contribution < -0.4 is 5.32 Å². The van der Waals surface area contributed by atoms with E-state index < -0.39 is 37.2 Å². The van der Waals surface area contributed by atoms with Crippen LogP contribution in [0.5, 0.6) is 11.5 Å². The van der Waals surface area contributed by atoms with Gasteiger partial charge in [0.25, 0.3) is 11.8 Å². The van der Waals surface area contributed by atoms with Crippen LogP contribution in [-0.2, 0) is 0 Å². The minimum Gasteiger partial charge on any atom is -0.508 e. The van der Waals surface area contributed by atoms with Gasteiger partial charge < -0.3 is 30.8 Å². The van der Waals surface area contributed by atoms with Crippen LogP contribution in [0.2, 0.25) is 0 Å². The Hall–Kier alpha value is -3.99. The maximum Gasteiger partial charge on any atom is 0.282 e. The van der Waals surface area contributed by atoms with Gasteiger partial charge in [0.2, 0.25) is 0 Å². The molecule has 6 N–H and O–H groups in total. The molecule has 33 heavy (non-hydrogen) atoms. The van der Waals surface area contributed by atoms with E-state index >= 15 is 0 Å². The van der Waals surface area contributed by atoms with Crippen LogP contribution in [-0.4, -0.2) is 73.9 Å². The van der Waals surface area contributed by atoms with E-state index in [1.54, 1.807) is 24.3 Å². The van der Waals surface area contributed by atoms with E-state index in [0.29, 0.717) is 21.5 Å². The lowest BCUT2D eigenvalue weighted by molar-refractivity contribution is 0.0616. The normalized spacial score (nSPS) is 13.8. The number of carbonyl (C=O) groups excluding carboxylic acids is 2. The van der Waals surface area contributed by atoms with E-state index in [1.165, 1.54) is 18.2 Å². The van der Waals surface area contributed by atoms with E-state index in [4.69, 9.17) is 0 Å². The third kappa shape index (κ3) is 3.76. The van der Waals surface area contributed by atoms with E-state index in [9.17, 15) is 35.1 Å². The van der Waals surface area contributed by atoms with E-state index in [0.717, 1.165) is 12.3 Å². The summed E-state index contributed by atoms with van der Waals surface area (Å²) in [5.41, 5.74) is -0.365. The molecule has 0 saturated carbocycles. The van der Waals surface area contributed by atoms with Crippen molar-refractivity contribution in [2.24, 2.45) is 5.10 Å². The van der Waals surface area contributed by atoms with Gasteiger partial charge in [0.1, 0.15) is 17.0 Å². The van der Waals surface area contributed by atoms with Crippen molar-refractivity contribution in [2.45, 2.75) is 5.54 Å². The summed E-state index contributed by atoms with van der Waals surface area (Å²) in [4.78, 5) is 26.2. The van der Waals surface area contributed by atoms with E-state index in [1.807, 2.05) is 0 Å². The molecule has 0 unspecified atom stereocenters.